The van der Waals surface area contributed by atoms with E-state index in [0.29, 0.717) is 6.42 Å². The standard InChI is InChI=1S/C17H22FNO2/c1-2-8-17(16(20)21)9-3-10-19(17)15-7-4-12-11-13(18)5-6-14(12)15/h5-6,11,15H,2-4,7-10H2,1H3,(H,20,21). The molecular weight excluding hydrogens is 269 g/mol. The summed E-state index contributed by atoms with van der Waals surface area (Å²) in [6, 6.07) is 5.08. The third-order valence-electron chi connectivity index (χ3n) is 5.13. The van der Waals surface area contributed by atoms with Crippen LogP contribution in [-0.4, -0.2) is 28.1 Å². The highest BCUT2D eigenvalue weighted by Gasteiger charge is 2.50. The van der Waals surface area contributed by atoms with E-state index in [1.807, 2.05) is 13.0 Å². The lowest BCUT2D eigenvalue weighted by Crippen LogP contribution is -2.51. The Bertz CT molecular complexity index is 560. The molecule has 1 aromatic rings. The second-order valence-corrected chi connectivity index (χ2v) is 6.28. The van der Waals surface area contributed by atoms with Crippen LogP contribution in [0.1, 0.15) is 56.2 Å². The number of carbonyl (C=O) groups is 1. The van der Waals surface area contributed by atoms with Crippen LogP contribution in [0.5, 0.6) is 0 Å². The Kier molecular flexibility index (Phi) is 3.74. The van der Waals surface area contributed by atoms with Gasteiger partial charge in [-0.15, -0.1) is 0 Å². The second kappa shape index (κ2) is 5.41. The lowest BCUT2D eigenvalue weighted by atomic mass is 9.89. The summed E-state index contributed by atoms with van der Waals surface area (Å²) in [6.07, 6.45) is 4.96. The van der Waals surface area contributed by atoms with Gasteiger partial charge in [0.1, 0.15) is 11.4 Å². The lowest BCUT2D eigenvalue weighted by molar-refractivity contribution is -0.152. The van der Waals surface area contributed by atoms with E-state index >= 15 is 0 Å². The number of fused-ring (bicyclic) bond motifs is 1. The second-order valence-electron chi connectivity index (χ2n) is 6.28. The summed E-state index contributed by atoms with van der Waals surface area (Å²) in [5, 5.41) is 9.82. The first-order chi connectivity index (χ1) is 10.1. The van der Waals surface area contributed by atoms with Crippen molar-refractivity contribution < 1.29 is 14.3 Å². The van der Waals surface area contributed by atoms with E-state index in [1.165, 1.54) is 6.07 Å². The largest absolute Gasteiger partial charge is 0.480 e. The smallest absolute Gasteiger partial charge is 0.324 e. The van der Waals surface area contributed by atoms with Crippen LogP contribution in [0.15, 0.2) is 18.2 Å². The fraction of sp³-hybridized carbons (Fsp3) is 0.588. The first-order valence-corrected chi connectivity index (χ1v) is 7.87. The van der Waals surface area contributed by atoms with Crippen molar-refractivity contribution in [1.82, 2.24) is 4.90 Å². The number of carboxylic acids is 1. The third-order valence-corrected chi connectivity index (χ3v) is 5.13. The average molecular weight is 291 g/mol. The third kappa shape index (κ3) is 2.26. The summed E-state index contributed by atoms with van der Waals surface area (Å²) in [4.78, 5) is 14.1. The summed E-state index contributed by atoms with van der Waals surface area (Å²) in [5.74, 6) is -0.897. The zero-order valence-corrected chi connectivity index (χ0v) is 12.4. The molecule has 0 amide bonds. The molecular formula is C17H22FNO2. The molecule has 3 rings (SSSR count). The molecule has 2 atom stereocenters. The number of likely N-dealkylation sites (tertiary alicyclic amines) is 1. The van der Waals surface area contributed by atoms with Gasteiger partial charge in [0.15, 0.2) is 0 Å². The molecule has 0 saturated carbocycles. The van der Waals surface area contributed by atoms with Gasteiger partial charge in [-0.3, -0.25) is 9.69 Å². The van der Waals surface area contributed by atoms with Gasteiger partial charge in [-0.2, -0.15) is 0 Å². The molecule has 1 heterocycles. The van der Waals surface area contributed by atoms with Gasteiger partial charge in [0, 0.05) is 6.04 Å². The minimum absolute atomic E-state index is 0.130. The normalized spacial score (nSPS) is 28.8. The Balaban J connectivity index is 1.96. The maximum atomic E-state index is 13.4. The van der Waals surface area contributed by atoms with Gasteiger partial charge in [0.05, 0.1) is 0 Å². The van der Waals surface area contributed by atoms with Crippen molar-refractivity contribution in [2.75, 3.05) is 6.54 Å². The SMILES string of the molecule is CCCC1(C(=O)O)CCCN1C1CCc2cc(F)ccc21. The number of nitrogens with zero attached hydrogens (tertiary/aromatic N) is 1. The summed E-state index contributed by atoms with van der Waals surface area (Å²) < 4.78 is 13.4. The quantitative estimate of drug-likeness (QED) is 0.922. The number of rotatable bonds is 4. The van der Waals surface area contributed by atoms with Crippen LogP contribution in [0.25, 0.3) is 0 Å². The van der Waals surface area contributed by atoms with Gasteiger partial charge in [-0.25, -0.2) is 4.39 Å². The average Bonchev–Trinajstić information content (AvgIpc) is 3.02. The van der Waals surface area contributed by atoms with Gasteiger partial charge >= 0.3 is 5.97 Å². The zero-order valence-electron chi connectivity index (χ0n) is 12.4. The number of hydrogen-bond acceptors (Lipinski definition) is 2. The molecule has 0 aromatic heterocycles. The molecule has 0 bridgehead atoms. The van der Waals surface area contributed by atoms with E-state index in [0.717, 1.165) is 49.8 Å². The van der Waals surface area contributed by atoms with Crippen molar-refractivity contribution >= 4 is 5.97 Å². The summed E-state index contributed by atoms with van der Waals surface area (Å²) in [6.45, 7) is 2.87. The van der Waals surface area contributed by atoms with Crippen molar-refractivity contribution in [3.8, 4) is 0 Å². The number of aryl methyl sites for hydroxylation is 1. The van der Waals surface area contributed by atoms with Crippen molar-refractivity contribution in [1.29, 1.82) is 0 Å². The first-order valence-electron chi connectivity index (χ1n) is 7.87. The predicted molar refractivity (Wildman–Crippen MR) is 78.7 cm³/mol. The summed E-state index contributed by atoms with van der Waals surface area (Å²) in [5.41, 5.74) is 1.44. The Morgan fingerprint density at radius 3 is 3.05 bits per heavy atom. The fourth-order valence-corrected chi connectivity index (χ4v) is 4.26. The van der Waals surface area contributed by atoms with E-state index in [9.17, 15) is 14.3 Å². The predicted octanol–water partition coefficient (Wildman–Crippen LogP) is 3.53. The number of benzene rings is 1. The Hall–Kier alpha value is -1.42. The molecule has 2 aliphatic rings. The van der Waals surface area contributed by atoms with Crippen molar-refractivity contribution in [2.24, 2.45) is 0 Å². The van der Waals surface area contributed by atoms with Crippen molar-refractivity contribution in [2.45, 2.75) is 57.0 Å². The number of halogens is 1. The maximum absolute atomic E-state index is 13.4. The molecule has 1 aromatic carbocycles. The van der Waals surface area contributed by atoms with Crippen molar-refractivity contribution in [3.63, 3.8) is 0 Å². The zero-order chi connectivity index (χ0) is 15.0. The number of carboxylic acid groups (broad SMARTS) is 1. The minimum atomic E-state index is -0.727. The van der Waals surface area contributed by atoms with Gasteiger partial charge in [-0.05, 0) is 61.9 Å². The Labute approximate surface area is 124 Å². The topological polar surface area (TPSA) is 40.5 Å². The molecule has 2 unspecified atom stereocenters. The van der Waals surface area contributed by atoms with Gasteiger partial charge < -0.3 is 5.11 Å². The van der Waals surface area contributed by atoms with Gasteiger partial charge in [-0.1, -0.05) is 19.4 Å². The van der Waals surface area contributed by atoms with Gasteiger partial charge in [0.2, 0.25) is 0 Å². The molecule has 114 valence electrons. The van der Waals surface area contributed by atoms with Crippen LogP contribution in [-0.2, 0) is 11.2 Å². The monoisotopic (exact) mass is 291 g/mol. The van der Waals surface area contributed by atoms with E-state index in [4.69, 9.17) is 0 Å². The van der Waals surface area contributed by atoms with E-state index in [-0.39, 0.29) is 11.9 Å². The molecule has 1 aliphatic heterocycles. The maximum Gasteiger partial charge on any atom is 0.324 e. The highest BCUT2D eigenvalue weighted by Crippen LogP contribution is 2.45. The molecule has 0 spiro atoms. The van der Waals surface area contributed by atoms with Crippen LogP contribution < -0.4 is 0 Å². The van der Waals surface area contributed by atoms with Crippen LogP contribution in [0.3, 0.4) is 0 Å². The minimum Gasteiger partial charge on any atom is -0.480 e. The molecule has 1 aliphatic carbocycles. The number of hydrogen-bond donors (Lipinski definition) is 1. The fourth-order valence-electron chi connectivity index (χ4n) is 4.26. The van der Waals surface area contributed by atoms with E-state index < -0.39 is 11.5 Å². The molecule has 1 N–H and O–H groups in total. The van der Waals surface area contributed by atoms with E-state index in [2.05, 4.69) is 4.90 Å². The first kappa shape index (κ1) is 14.5. The highest BCUT2D eigenvalue weighted by atomic mass is 19.1. The lowest BCUT2D eigenvalue weighted by Gasteiger charge is -2.39. The molecule has 3 nitrogen and oxygen atoms in total. The van der Waals surface area contributed by atoms with E-state index in [1.54, 1.807) is 6.07 Å². The van der Waals surface area contributed by atoms with Crippen molar-refractivity contribution in [3.05, 3.63) is 35.1 Å². The van der Waals surface area contributed by atoms with Crippen LogP contribution >= 0.6 is 0 Å². The molecule has 0 radical (unpaired) electrons. The molecule has 1 saturated heterocycles. The van der Waals surface area contributed by atoms with Crippen LogP contribution in [0.2, 0.25) is 0 Å². The van der Waals surface area contributed by atoms with Gasteiger partial charge in [0.25, 0.3) is 0 Å². The van der Waals surface area contributed by atoms with Crippen LogP contribution in [0.4, 0.5) is 4.39 Å². The Morgan fingerprint density at radius 2 is 2.33 bits per heavy atom. The summed E-state index contributed by atoms with van der Waals surface area (Å²) in [7, 11) is 0. The molecule has 21 heavy (non-hydrogen) atoms. The molecule has 4 heteroatoms. The molecule has 1 fully saturated rings. The Morgan fingerprint density at radius 1 is 1.52 bits per heavy atom. The highest BCUT2D eigenvalue weighted by molar-refractivity contribution is 5.79. The summed E-state index contributed by atoms with van der Waals surface area (Å²) >= 11 is 0. The van der Waals surface area contributed by atoms with Crippen LogP contribution in [0, 0.1) is 5.82 Å². The number of aliphatic carboxylic acids is 1.